The third-order valence-electron chi connectivity index (χ3n) is 3.75. The van der Waals surface area contributed by atoms with Crippen LogP contribution in [0.25, 0.3) is 0 Å². The lowest BCUT2D eigenvalue weighted by Gasteiger charge is -2.27. The van der Waals surface area contributed by atoms with Gasteiger partial charge in [0.05, 0.1) is 18.3 Å². The van der Waals surface area contributed by atoms with Gasteiger partial charge in [-0.3, -0.25) is 4.79 Å². The van der Waals surface area contributed by atoms with Crippen molar-refractivity contribution in [2.45, 2.75) is 32.7 Å². The fourth-order valence-corrected chi connectivity index (χ4v) is 2.23. The standard InChI is InChI=1S/C15H22N2O2/c1-3-11(2)14(16)15(18)17-9-6-10-19-13-8-5-4-7-12(13)17/h4-5,7-8,11,14H,3,6,9-10,16H2,1-2H3/t11-,14-/m0/s1. The van der Waals surface area contributed by atoms with Crippen molar-refractivity contribution in [3.05, 3.63) is 24.3 Å². The minimum atomic E-state index is -0.448. The van der Waals surface area contributed by atoms with Crippen LogP contribution in [0.4, 0.5) is 5.69 Å². The van der Waals surface area contributed by atoms with E-state index in [1.807, 2.05) is 31.2 Å². The summed E-state index contributed by atoms with van der Waals surface area (Å²) in [5, 5.41) is 0. The lowest BCUT2D eigenvalue weighted by Crippen LogP contribution is -2.47. The summed E-state index contributed by atoms with van der Waals surface area (Å²) in [6.45, 7) is 5.37. The fourth-order valence-electron chi connectivity index (χ4n) is 2.23. The molecule has 0 saturated carbocycles. The third-order valence-corrected chi connectivity index (χ3v) is 3.75. The van der Waals surface area contributed by atoms with E-state index in [4.69, 9.17) is 10.5 Å². The zero-order chi connectivity index (χ0) is 13.8. The average Bonchev–Trinajstić information content (AvgIpc) is 2.67. The van der Waals surface area contributed by atoms with Crippen LogP contribution in [0.15, 0.2) is 24.3 Å². The van der Waals surface area contributed by atoms with Gasteiger partial charge < -0.3 is 15.4 Å². The number of rotatable bonds is 3. The molecule has 4 heteroatoms. The molecule has 1 amide bonds. The number of fused-ring (bicyclic) bond motifs is 1. The molecule has 0 aromatic heterocycles. The summed E-state index contributed by atoms with van der Waals surface area (Å²) >= 11 is 0. The number of nitrogens with zero attached hydrogens (tertiary/aromatic N) is 1. The van der Waals surface area contributed by atoms with Crippen LogP contribution in [0.2, 0.25) is 0 Å². The number of hydrogen-bond donors (Lipinski definition) is 1. The molecule has 2 rings (SSSR count). The van der Waals surface area contributed by atoms with E-state index in [0.717, 1.165) is 24.3 Å². The second-order valence-electron chi connectivity index (χ2n) is 5.07. The molecule has 104 valence electrons. The number of ether oxygens (including phenoxy) is 1. The highest BCUT2D eigenvalue weighted by molar-refractivity contribution is 5.98. The Morgan fingerprint density at radius 2 is 2.21 bits per heavy atom. The molecular weight excluding hydrogens is 240 g/mol. The van der Waals surface area contributed by atoms with E-state index in [1.54, 1.807) is 4.90 Å². The van der Waals surface area contributed by atoms with Gasteiger partial charge in [-0.05, 0) is 24.5 Å². The van der Waals surface area contributed by atoms with Gasteiger partial charge in [0.1, 0.15) is 5.75 Å². The molecule has 4 nitrogen and oxygen atoms in total. The SMILES string of the molecule is CC[C@H](C)[C@H](N)C(=O)N1CCCOc2ccccc21. The van der Waals surface area contributed by atoms with Crippen LogP contribution in [-0.2, 0) is 4.79 Å². The minimum Gasteiger partial charge on any atom is -0.491 e. The van der Waals surface area contributed by atoms with Gasteiger partial charge in [0.15, 0.2) is 0 Å². The smallest absolute Gasteiger partial charge is 0.244 e. The lowest BCUT2D eigenvalue weighted by molar-refractivity contribution is -0.120. The van der Waals surface area contributed by atoms with Crippen molar-refractivity contribution in [3.8, 4) is 5.75 Å². The highest BCUT2D eigenvalue weighted by Crippen LogP contribution is 2.31. The molecule has 1 aromatic carbocycles. The molecule has 1 aromatic rings. The van der Waals surface area contributed by atoms with E-state index in [0.29, 0.717) is 13.2 Å². The Hall–Kier alpha value is -1.55. The highest BCUT2D eigenvalue weighted by Gasteiger charge is 2.28. The van der Waals surface area contributed by atoms with Crippen LogP contribution in [0, 0.1) is 5.92 Å². The summed E-state index contributed by atoms with van der Waals surface area (Å²) in [5.74, 6) is 0.945. The Labute approximate surface area is 114 Å². The Bertz CT molecular complexity index is 448. The average molecular weight is 262 g/mol. The van der Waals surface area contributed by atoms with Gasteiger partial charge in [-0.25, -0.2) is 0 Å². The number of para-hydroxylation sites is 2. The van der Waals surface area contributed by atoms with Gasteiger partial charge in [-0.2, -0.15) is 0 Å². The first-order valence-electron chi connectivity index (χ1n) is 6.94. The molecule has 1 aliphatic rings. The molecule has 0 fully saturated rings. The quantitative estimate of drug-likeness (QED) is 0.908. The van der Waals surface area contributed by atoms with Crippen molar-refractivity contribution in [1.82, 2.24) is 0 Å². The summed E-state index contributed by atoms with van der Waals surface area (Å²) in [6.07, 6.45) is 1.73. The Morgan fingerprint density at radius 3 is 2.95 bits per heavy atom. The highest BCUT2D eigenvalue weighted by atomic mass is 16.5. The maximum absolute atomic E-state index is 12.6. The first-order chi connectivity index (χ1) is 9.15. The second-order valence-corrected chi connectivity index (χ2v) is 5.07. The van der Waals surface area contributed by atoms with E-state index < -0.39 is 6.04 Å². The van der Waals surface area contributed by atoms with E-state index in [1.165, 1.54) is 0 Å². The van der Waals surface area contributed by atoms with Gasteiger partial charge in [0.2, 0.25) is 5.91 Å². The summed E-state index contributed by atoms with van der Waals surface area (Å²) in [5.41, 5.74) is 6.92. The Kier molecular flexibility index (Phi) is 4.43. The minimum absolute atomic E-state index is 0.00713. The van der Waals surface area contributed by atoms with Crippen LogP contribution in [0.3, 0.4) is 0 Å². The molecule has 0 radical (unpaired) electrons. The first-order valence-corrected chi connectivity index (χ1v) is 6.94. The van der Waals surface area contributed by atoms with Gasteiger partial charge in [-0.15, -0.1) is 0 Å². The van der Waals surface area contributed by atoms with Crippen molar-refractivity contribution in [3.63, 3.8) is 0 Å². The normalized spacial score (nSPS) is 17.9. The Balaban J connectivity index is 2.26. The maximum atomic E-state index is 12.6. The fraction of sp³-hybridized carbons (Fsp3) is 0.533. The zero-order valence-electron chi connectivity index (χ0n) is 11.6. The summed E-state index contributed by atoms with van der Waals surface area (Å²) < 4.78 is 5.66. The first kappa shape index (κ1) is 13.9. The topological polar surface area (TPSA) is 55.6 Å². The second kappa shape index (κ2) is 6.06. The van der Waals surface area contributed by atoms with Crippen LogP contribution < -0.4 is 15.4 Å². The van der Waals surface area contributed by atoms with Crippen LogP contribution in [0.1, 0.15) is 26.7 Å². The molecule has 0 saturated heterocycles. The van der Waals surface area contributed by atoms with Crippen molar-refractivity contribution < 1.29 is 9.53 Å². The summed E-state index contributed by atoms with van der Waals surface area (Å²) in [4.78, 5) is 14.3. The maximum Gasteiger partial charge on any atom is 0.244 e. The van der Waals surface area contributed by atoms with Crippen molar-refractivity contribution in [1.29, 1.82) is 0 Å². The van der Waals surface area contributed by atoms with Crippen LogP contribution in [-0.4, -0.2) is 25.1 Å². The summed E-state index contributed by atoms with van der Waals surface area (Å²) in [6, 6.07) is 7.21. The van der Waals surface area contributed by atoms with E-state index in [-0.39, 0.29) is 11.8 Å². The number of anilines is 1. The molecular formula is C15H22N2O2. The largest absolute Gasteiger partial charge is 0.491 e. The molecule has 1 heterocycles. The molecule has 2 N–H and O–H groups in total. The predicted molar refractivity (Wildman–Crippen MR) is 76.3 cm³/mol. The van der Waals surface area contributed by atoms with Crippen molar-refractivity contribution in [2.75, 3.05) is 18.1 Å². The number of carbonyl (C=O) groups excluding carboxylic acids is 1. The van der Waals surface area contributed by atoms with Crippen LogP contribution in [0.5, 0.6) is 5.75 Å². The molecule has 0 bridgehead atoms. The molecule has 2 atom stereocenters. The van der Waals surface area contributed by atoms with Gasteiger partial charge in [0, 0.05) is 6.54 Å². The Morgan fingerprint density at radius 1 is 1.47 bits per heavy atom. The molecule has 19 heavy (non-hydrogen) atoms. The van der Waals surface area contributed by atoms with E-state index in [2.05, 4.69) is 6.92 Å². The van der Waals surface area contributed by atoms with Gasteiger partial charge in [-0.1, -0.05) is 32.4 Å². The number of benzene rings is 1. The lowest BCUT2D eigenvalue weighted by atomic mass is 9.98. The third kappa shape index (κ3) is 2.89. The van der Waals surface area contributed by atoms with E-state index >= 15 is 0 Å². The monoisotopic (exact) mass is 262 g/mol. The number of hydrogen-bond acceptors (Lipinski definition) is 3. The number of carbonyl (C=O) groups is 1. The van der Waals surface area contributed by atoms with Crippen LogP contribution >= 0.6 is 0 Å². The number of amides is 1. The summed E-state index contributed by atoms with van der Waals surface area (Å²) in [7, 11) is 0. The van der Waals surface area contributed by atoms with Gasteiger partial charge in [0.25, 0.3) is 0 Å². The van der Waals surface area contributed by atoms with Crippen molar-refractivity contribution >= 4 is 11.6 Å². The van der Waals surface area contributed by atoms with Crippen molar-refractivity contribution in [2.24, 2.45) is 11.7 Å². The molecule has 0 unspecified atom stereocenters. The molecule has 1 aliphatic heterocycles. The number of nitrogens with two attached hydrogens (primary N) is 1. The van der Waals surface area contributed by atoms with Gasteiger partial charge >= 0.3 is 0 Å². The molecule has 0 spiro atoms. The molecule has 0 aliphatic carbocycles. The predicted octanol–water partition coefficient (Wildman–Crippen LogP) is 2.18. The van der Waals surface area contributed by atoms with E-state index in [9.17, 15) is 4.79 Å². The zero-order valence-corrected chi connectivity index (χ0v) is 11.6.